The number of benzene rings is 1. The molecule has 1 aromatic carbocycles. The predicted molar refractivity (Wildman–Crippen MR) is 75.9 cm³/mol. The quantitative estimate of drug-likeness (QED) is 0.885. The van der Waals surface area contributed by atoms with E-state index in [4.69, 9.17) is 11.6 Å². The molecule has 1 aromatic rings. The highest BCUT2D eigenvalue weighted by Gasteiger charge is 2.39. The summed E-state index contributed by atoms with van der Waals surface area (Å²) in [5, 5.41) is 12.8. The molecule has 0 atom stereocenters. The number of nitrogens with one attached hydrogen (secondary N) is 1. The van der Waals surface area contributed by atoms with Gasteiger partial charge in [-0.1, -0.05) is 36.9 Å². The van der Waals surface area contributed by atoms with Crippen molar-refractivity contribution < 1.29 is 4.79 Å². The lowest BCUT2D eigenvalue weighted by Gasteiger charge is -2.29. The average Bonchev–Trinajstić information content (AvgIpc) is 2.43. The number of halogens is 1. The molecule has 0 heterocycles. The Bertz CT molecular complexity index is 527. The van der Waals surface area contributed by atoms with E-state index in [9.17, 15) is 10.1 Å². The van der Waals surface area contributed by atoms with E-state index in [0.29, 0.717) is 23.6 Å². The molecule has 1 amide bonds. The molecule has 0 unspecified atom stereocenters. The zero-order chi connectivity index (χ0) is 13.9. The van der Waals surface area contributed by atoms with Gasteiger partial charge in [-0.25, -0.2) is 0 Å². The Hall–Kier alpha value is -1.53. The number of carbonyl (C=O) groups excluding carboxylic acids is 1. The van der Waals surface area contributed by atoms with Crippen LogP contribution in [0.1, 0.15) is 37.7 Å². The SMILES string of the molecule is Cc1ccc(Cl)cc1NC(=O)C1(C#N)CCCCC1. The Morgan fingerprint density at radius 3 is 2.68 bits per heavy atom. The normalized spacial score (nSPS) is 17.5. The Labute approximate surface area is 118 Å². The van der Waals surface area contributed by atoms with Crippen molar-refractivity contribution in [3.05, 3.63) is 28.8 Å². The molecule has 0 radical (unpaired) electrons. The van der Waals surface area contributed by atoms with E-state index in [1.807, 2.05) is 13.0 Å². The maximum atomic E-state index is 12.4. The van der Waals surface area contributed by atoms with Gasteiger partial charge in [0.2, 0.25) is 5.91 Å². The van der Waals surface area contributed by atoms with Crippen molar-refractivity contribution in [3.63, 3.8) is 0 Å². The number of anilines is 1. The van der Waals surface area contributed by atoms with Crippen molar-refractivity contribution in [2.75, 3.05) is 5.32 Å². The van der Waals surface area contributed by atoms with E-state index in [1.165, 1.54) is 0 Å². The highest BCUT2D eigenvalue weighted by molar-refractivity contribution is 6.31. The number of nitrogens with zero attached hydrogens (tertiary/aromatic N) is 1. The van der Waals surface area contributed by atoms with E-state index in [1.54, 1.807) is 12.1 Å². The van der Waals surface area contributed by atoms with Crippen molar-refractivity contribution in [3.8, 4) is 6.07 Å². The topological polar surface area (TPSA) is 52.9 Å². The van der Waals surface area contributed by atoms with Gasteiger partial charge in [0.05, 0.1) is 6.07 Å². The minimum absolute atomic E-state index is 0.194. The lowest BCUT2D eigenvalue weighted by molar-refractivity contribution is -0.124. The molecule has 100 valence electrons. The Balaban J connectivity index is 2.20. The van der Waals surface area contributed by atoms with E-state index in [-0.39, 0.29) is 5.91 Å². The largest absolute Gasteiger partial charge is 0.324 e. The minimum Gasteiger partial charge on any atom is -0.324 e. The molecule has 3 nitrogen and oxygen atoms in total. The second-order valence-electron chi connectivity index (χ2n) is 5.17. The summed E-state index contributed by atoms with van der Waals surface area (Å²) in [6, 6.07) is 7.60. The van der Waals surface area contributed by atoms with Gasteiger partial charge in [-0.05, 0) is 37.5 Å². The fraction of sp³-hybridized carbons (Fsp3) is 0.467. The van der Waals surface area contributed by atoms with Gasteiger partial charge in [0.1, 0.15) is 5.41 Å². The molecule has 1 N–H and O–H groups in total. The van der Waals surface area contributed by atoms with Crippen LogP contribution in [-0.4, -0.2) is 5.91 Å². The molecule has 0 saturated heterocycles. The van der Waals surface area contributed by atoms with Crippen LogP contribution in [0.4, 0.5) is 5.69 Å². The monoisotopic (exact) mass is 276 g/mol. The summed E-state index contributed by atoms with van der Waals surface area (Å²) in [4.78, 5) is 12.4. The number of hydrogen-bond acceptors (Lipinski definition) is 2. The van der Waals surface area contributed by atoms with Gasteiger partial charge in [0.25, 0.3) is 0 Å². The highest BCUT2D eigenvalue weighted by atomic mass is 35.5. The van der Waals surface area contributed by atoms with E-state index < -0.39 is 5.41 Å². The Morgan fingerprint density at radius 1 is 1.37 bits per heavy atom. The molecular formula is C15H17ClN2O. The van der Waals surface area contributed by atoms with Crippen LogP contribution < -0.4 is 5.32 Å². The molecule has 1 aliphatic rings. The first-order valence-electron chi connectivity index (χ1n) is 6.56. The van der Waals surface area contributed by atoms with Gasteiger partial charge in [-0.2, -0.15) is 5.26 Å². The third-order valence-corrected chi connectivity index (χ3v) is 4.04. The summed E-state index contributed by atoms with van der Waals surface area (Å²) in [5.74, 6) is -0.194. The Kier molecular flexibility index (Phi) is 4.11. The third kappa shape index (κ3) is 2.90. The lowest BCUT2D eigenvalue weighted by Crippen LogP contribution is -2.36. The summed E-state index contributed by atoms with van der Waals surface area (Å²) in [7, 11) is 0. The predicted octanol–water partition coefficient (Wildman–Crippen LogP) is 4.06. The first-order valence-corrected chi connectivity index (χ1v) is 6.94. The molecule has 2 rings (SSSR count). The van der Waals surface area contributed by atoms with Gasteiger partial charge in [-0.15, -0.1) is 0 Å². The first-order chi connectivity index (χ1) is 9.07. The zero-order valence-electron chi connectivity index (χ0n) is 11.0. The minimum atomic E-state index is -0.868. The van der Waals surface area contributed by atoms with Gasteiger partial charge in [0, 0.05) is 10.7 Å². The fourth-order valence-corrected chi connectivity index (χ4v) is 2.69. The summed E-state index contributed by atoms with van der Waals surface area (Å²) in [6.07, 6.45) is 4.28. The van der Waals surface area contributed by atoms with E-state index >= 15 is 0 Å². The number of rotatable bonds is 2. The molecule has 1 aliphatic carbocycles. The summed E-state index contributed by atoms with van der Waals surface area (Å²) >= 11 is 5.94. The van der Waals surface area contributed by atoms with Crippen molar-refractivity contribution in [2.45, 2.75) is 39.0 Å². The van der Waals surface area contributed by atoms with Crippen LogP contribution in [0.5, 0.6) is 0 Å². The van der Waals surface area contributed by atoms with Crippen LogP contribution in [0, 0.1) is 23.7 Å². The van der Waals surface area contributed by atoms with Crippen LogP contribution >= 0.6 is 11.6 Å². The number of carbonyl (C=O) groups is 1. The first kappa shape index (κ1) is 13.9. The molecule has 0 aliphatic heterocycles. The summed E-state index contributed by atoms with van der Waals surface area (Å²) < 4.78 is 0. The molecule has 19 heavy (non-hydrogen) atoms. The second-order valence-corrected chi connectivity index (χ2v) is 5.60. The smallest absolute Gasteiger partial charge is 0.244 e. The van der Waals surface area contributed by atoms with Crippen LogP contribution in [0.25, 0.3) is 0 Å². The maximum Gasteiger partial charge on any atom is 0.244 e. The zero-order valence-corrected chi connectivity index (χ0v) is 11.8. The molecule has 1 saturated carbocycles. The molecule has 1 fully saturated rings. The van der Waals surface area contributed by atoms with Gasteiger partial charge in [-0.3, -0.25) is 4.79 Å². The van der Waals surface area contributed by atoms with Crippen LogP contribution in [0.15, 0.2) is 18.2 Å². The number of aryl methyl sites for hydroxylation is 1. The summed E-state index contributed by atoms with van der Waals surface area (Å²) in [6.45, 7) is 1.91. The molecule has 0 spiro atoms. The van der Waals surface area contributed by atoms with Crippen molar-refractivity contribution in [2.24, 2.45) is 5.41 Å². The number of amides is 1. The van der Waals surface area contributed by atoms with Crippen molar-refractivity contribution >= 4 is 23.2 Å². The van der Waals surface area contributed by atoms with Gasteiger partial charge >= 0.3 is 0 Å². The average molecular weight is 277 g/mol. The van der Waals surface area contributed by atoms with Crippen molar-refractivity contribution in [1.29, 1.82) is 5.26 Å². The molecule has 0 bridgehead atoms. The fourth-order valence-electron chi connectivity index (χ4n) is 2.52. The van der Waals surface area contributed by atoms with Crippen molar-refractivity contribution in [1.82, 2.24) is 0 Å². The van der Waals surface area contributed by atoms with E-state index in [0.717, 1.165) is 24.8 Å². The third-order valence-electron chi connectivity index (χ3n) is 3.80. The number of nitriles is 1. The molecular weight excluding hydrogens is 260 g/mol. The number of hydrogen-bond donors (Lipinski definition) is 1. The van der Waals surface area contributed by atoms with Crippen LogP contribution in [0.3, 0.4) is 0 Å². The summed E-state index contributed by atoms with van der Waals surface area (Å²) in [5.41, 5.74) is 0.770. The van der Waals surface area contributed by atoms with E-state index in [2.05, 4.69) is 11.4 Å². The Morgan fingerprint density at radius 2 is 2.05 bits per heavy atom. The van der Waals surface area contributed by atoms with Crippen LogP contribution in [-0.2, 0) is 4.79 Å². The highest BCUT2D eigenvalue weighted by Crippen LogP contribution is 2.37. The molecule has 0 aromatic heterocycles. The van der Waals surface area contributed by atoms with Gasteiger partial charge < -0.3 is 5.32 Å². The standard InChI is InChI=1S/C15H17ClN2O/c1-11-5-6-12(16)9-13(11)18-14(19)15(10-17)7-3-2-4-8-15/h5-6,9H,2-4,7-8H2,1H3,(H,18,19). The van der Waals surface area contributed by atoms with Crippen LogP contribution in [0.2, 0.25) is 5.02 Å². The second kappa shape index (κ2) is 5.63. The lowest BCUT2D eigenvalue weighted by atomic mass is 9.74. The molecule has 4 heteroatoms. The van der Waals surface area contributed by atoms with Gasteiger partial charge in [0.15, 0.2) is 0 Å². The maximum absolute atomic E-state index is 12.4.